The average molecular weight is 488 g/mol. The first-order valence-electron chi connectivity index (χ1n) is 11.5. The van der Waals surface area contributed by atoms with E-state index < -0.39 is 0 Å². The van der Waals surface area contributed by atoms with Crippen molar-refractivity contribution in [3.05, 3.63) is 64.6 Å². The van der Waals surface area contributed by atoms with Gasteiger partial charge in [0, 0.05) is 11.6 Å². The minimum absolute atomic E-state index is 0.0646. The number of hydrogen-bond acceptors (Lipinski definition) is 6. The van der Waals surface area contributed by atoms with E-state index in [4.69, 9.17) is 27.9 Å². The van der Waals surface area contributed by atoms with Crippen molar-refractivity contribution in [2.45, 2.75) is 37.9 Å². The van der Waals surface area contributed by atoms with Gasteiger partial charge in [-0.25, -0.2) is 19.8 Å². The van der Waals surface area contributed by atoms with Gasteiger partial charge in [-0.3, -0.25) is 4.79 Å². The largest absolute Gasteiger partial charge is 0.377 e. The van der Waals surface area contributed by atoms with Gasteiger partial charge in [-0.1, -0.05) is 23.7 Å². The number of fused-ring (bicyclic) bond motifs is 4. The molecule has 5 heterocycles. The molecule has 2 bridgehead atoms. The van der Waals surface area contributed by atoms with Crippen LogP contribution in [0.3, 0.4) is 0 Å². The Morgan fingerprint density at radius 3 is 2.86 bits per heavy atom. The molecule has 3 aromatic heterocycles. The van der Waals surface area contributed by atoms with E-state index in [0.29, 0.717) is 57.5 Å². The number of nitrogens with one attached hydrogen (secondary N) is 2. The van der Waals surface area contributed by atoms with Crippen LogP contribution in [0.25, 0.3) is 26.7 Å². The second-order valence-corrected chi connectivity index (χ2v) is 9.37. The highest BCUT2D eigenvalue weighted by Crippen LogP contribution is 2.35. The fourth-order valence-electron chi connectivity index (χ4n) is 5.17. The molecule has 9 nitrogen and oxygen atoms in total. The summed E-state index contributed by atoms with van der Waals surface area (Å²) in [5.74, 6) is 0.417. The van der Waals surface area contributed by atoms with E-state index in [9.17, 15) is 4.79 Å². The maximum absolute atomic E-state index is 13.9. The predicted molar refractivity (Wildman–Crippen MR) is 133 cm³/mol. The average Bonchev–Trinajstić information content (AvgIpc) is 3.40. The van der Waals surface area contributed by atoms with E-state index in [1.54, 1.807) is 12.3 Å². The second-order valence-electron chi connectivity index (χ2n) is 8.97. The number of hydrogen-bond donors (Lipinski definition) is 2. The zero-order valence-corrected chi connectivity index (χ0v) is 19.7. The van der Waals surface area contributed by atoms with E-state index >= 15 is 0 Å². The van der Waals surface area contributed by atoms with Crippen LogP contribution in [-0.4, -0.2) is 56.0 Å². The minimum atomic E-state index is -0.307. The van der Waals surface area contributed by atoms with E-state index in [1.807, 2.05) is 30.0 Å². The van der Waals surface area contributed by atoms with Crippen molar-refractivity contribution < 1.29 is 9.53 Å². The summed E-state index contributed by atoms with van der Waals surface area (Å²) in [6, 6.07) is 7.36. The topological polar surface area (TPSA) is 100 Å². The Morgan fingerprint density at radius 2 is 2.09 bits per heavy atom. The number of pyridine rings is 1. The van der Waals surface area contributed by atoms with Crippen LogP contribution < -0.4 is 5.32 Å². The van der Waals surface area contributed by atoms with Crippen molar-refractivity contribution in [3.8, 4) is 0 Å². The first kappa shape index (κ1) is 21.8. The maximum atomic E-state index is 13.9. The predicted octanol–water partition coefficient (Wildman–Crippen LogP) is 4.89. The Kier molecular flexibility index (Phi) is 5.28. The molecular weight excluding hydrogens is 466 g/mol. The number of ether oxygens (including phenoxy) is 1. The SMILES string of the molecule is [C-]#[N+]c1c[nH]c2ncnc(N[C@@H](C)c3cc4cccc(Cl)c4c(C(=O)N4C5CCC4COC5)n3)c12. The van der Waals surface area contributed by atoms with E-state index in [1.165, 1.54) is 6.33 Å². The summed E-state index contributed by atoms with van der Waals surface area (Å²) in [6.45, 7) is 10.5. The monoisotopic (exact) mass is 487 g/mol. The number of morpholine rings is 1. The molecule has 0 spiro atoms. The summed E-state index contributed by atoms with van der Waals surface area (Å²) in [5.41, 5.74) is 2.05. The van der Waals surface area contributed by atoms with Crippen LogP contribution in [0.2, 0.25) is 5.02 Å². The third-order valence-electron chi connectivity index (χ3n) is 6.87. The highest BCUT2D eigenvalue weighted by Gasteiger charge is 2.41. The molecule has 2 fully saturated rings. The van der Waals surface area contributed by atoms with Crippen LogP contribution in [-0.2, 0) is 4.74 Å². The van der Waals surface area contributed by atoms with Crippen molar-refractivity contribution >= 4 is 50.8 Å². The Morgan fingerprint density at radius 1 is 1.29 bits per heavy atom. The summed E-state index contributed by atoms with van der Waals surface area (Å²) in [6.07, 6.45) is 4.93. The summed E-state index contributed by atoms with van der Waals surface area (Å²) in [4.78, 5) is 35.8. The molecule has 1 amide bonds. The number of benzene rings is 1. The fourth-order valence-corrected chi connectivity index (χ4v) is 5.44. The number of aromatic nitrogens is 4. The van der Waals surface area contributed by atoms with Gasteiger partial charge in [-0.05, 0) is 37.3 Å². The van der Waals surface area contributed by atoms with Crippen molar-refractivity contribution in [1.29, 1.82) is 0 Å². The Balaban J connectivity index is 1.42. The molecule has 2 unspecified atom stereocenters. The standard InChI is InChI=1S/C25H22ClN7O2/c1-13(31-24-21-19(27-2)9-28-23(21)29-12-30-24)18-8-14-4-3-5-17(26)20(14)22(32-18)25(34)33-15-6-7-16(33)11-35-10-15/h3-5,8-9,12-13,15-16H,6-7,10-11H2,1H3,(H2,28,29,30,31)/t13-,15?,16?/m0/s1. The summed E-state index contributed by atoms with van der Waals surface area (Å²) in [7, 11) is 0. The van der Waals surface area contributed by atoms with Crippen molar-refractivity contribution in [2.75, 3.05) is 18.5 Å². The molecule has 2 aliphatic heterocycles. The lowest BCUT2D eigenvalue weighted by molar-refractivity contribution is -0.00736. The van der Waals surface area contributed by atoms with Crippen molar-refractivity contribution in [1.82, 2.24) is 24.8 Å². The van der Waals surface area contributed by atoms with Crippen LogP contribution in [0.4, 0.5) is 11.5 Å². The number of carbonyl (C=O) groups excluding carboxylic acids is 1. The Labute approximate surface area is 206 Å². The number of nitrogens with zero attached hydrogens (tertiary/aromatic N) is 5. The molecule has 1 aromatic carbocycles. The van der Waals surface area contributed by atoms with Crippen molar-refractivity contribution in [2.24, 2.45) is 0 Å². The molecule has 2 saturated heterocycles. The third-order valence-corrected chi connectivity index (χ3v) is 7.19. The van der Waals surface area contributed by atoms with E-state index in [2.05, 4.69) is 25.1 Å². The molecule has 0 saturated carbocycles. The van der Waals surface area contributed by atoms with Gasteiger partial charge in [0.1, 0.15) is 23.5 Å². The number of halogens is 1. The Hall–Kier alpha value is -3.74. The zero-order chi connectivity index (χ0) is 24.1. The van der Waals surface area contributed by atoms with E-state index in [0.717, 1.165) is 18.2 Å². The van der Waals surface area contributed by atoms with Gasteiger partial charge in [-0.2, -0.15) is 0 Å². The van der Waals surface area contributed by atoms with Crippen LogP contribution in [0, 0.1) is 6.57 Å². The lowest BCUT2D eigenvalue weighted by atomic mass is 10.0. The third kappa shape index (κ3) is 3.57. The van der Waals surface area contributed by atoms with Crippen molar-refractivity contribution in [3.63, 3.8) is 0 Å². The molecule has 3 atom stereocenters. The molecule has 2 N–H and O–H groups in total. The van der Waals surface area contributed by atoms with Gasteiger partial charge in [0.2, 0.25) is 5.69 Å². The number of H-pyrrole nitrogens is 1. The second kappa shape index (κ2) is 8.48. The van der Waals surface area contributed by atoms with Crippen LogP contribution in [0.15, 0.2) is 36.8 Å². The first-order valence-corrected chi connectivity index (χ1v) is 11.9. The fraction of sp³-hybridized carbons (Fsp3) is 0.320. The van der Waals surface area contributed by atoms with Gasteiger partial charge in [0.25, 0.3) is 5.91 Å². The quantitative estimate of drug-likeness (QED) is 0.398. The van der Waals surface area contributed by atoms with Crippen LogP contribution in [0.1, 0.15) is 42.0 Å². The number of carbonyl (C=O) groups is 1. The Bertz CT molecular complexity index is 1500. The van der Waals surface area contributed by atoms with E-state index in [-0.39, 0.29) is 24.0 Å². The first-order chi connectivity index (χ1) is 17.0. The van der Waals surface area contributed by atoms with Gasteiger partial charge in [0.05, 0.1) is 54.0 Å². The maximum Gasteiger partial charge on any atom is 0.273 e. The lowest BCUT2D eigenvalue weighted by Crippen LogP contribution is -2.49. The summed E-state index contributed by atoms with van der Waals surface area (Å²) < 4.78 is 5.67. The van der Waals surface area contributed by atoms with Gasteiger partial charge >= 0.3 is 0 Å². The normalized spacial score (nSPS) is 20.2. The molecular formula is C25H22ClN7O2. The highest BCUT2D eigenvalue weighted by molar-refractivity contribution is 6.36. The van der Waals surface area contributed by atoms with Gasteiger partial charge in [0.15, 0.2) is 0 Å². The molecule has 176 valence electrons. The molecule has 35 heavy (non-hydrogen) atoms. The van der Waals surface area contributed by atoms with Crippen LogP contribution >= 0.6 is 11.6 Å². The summed E-state index contributed by atoms with van der Waals surface area (Å²) >= 11 is 6.58. The number of aromatic amines is 1. The molecule has 10 heteroatoms. The molecule has 2 aliphatic rings. The number of anilines is 1. The highest BCUT2D eigenvalue weighted by atomic mass is 35.5. The number of rotatable bonds is 4. The molecule has 6 rings (SSSR count). The van der Waals surface area contributed by atoms with Crippen LogP contribution in [0.5, 0.6) is 0 Å². The molecule has 4 aromatic rings. The van der Waals surface area contributed by atoms with Gasteiger partial charge in [-0.15, -0.1) is 0 Å². The minimum Gasteiger partial charge on any atom is -0.377 e. The number of amides is 1. The smallest absolute Gasteiger partial charge is 0.273 e. The lowest BCUT2D eigenvalue weighted by Gasteiger charge is -2.34. The summed E-state index contributed by atoms with van der Waals surface area (Å²) in [5, 5.41) is 5.99. The van der Waals surface area contributed by atoms with Gasteiger partial charge < -0.3 is 19.9 Å². The zero-order valence-electron chi connectivity index (χ0n) is 19.0. The molecule has 0 radical (unpaired) electrons. The molecule has 0 aliphatic carbocycles.